The van der Waals surface area contributed by atoms with E-state index in [9.17, 15) is 0 Å². The van der Waals surface area contributed by atoms with Crippen molar-refractivity contribution in [3.8, 4) is 11.1 Å². The molecule has 0 saturated heterocycles. The highest BCUT2D eigenvalue weighted by Crippen LogP contribution is 2.56. The molecule has 5 aliphatic rings. The van der Waals surface area contributed by atoms with Gasteiger partial charge in [-0.3, -0.25) is 0 Å². The van der Waals surface area contributed by atoms with Crippen molar-refractivity contribution in [1.29, 1.82) is 0 Å². The molecule has 2 heterocycles. The number of rotatable bonds is 3. The first-order valence-electron chi connectivity index (χ1n) is 24.8. The predicted molar refractivity (Wildman–Crippen MR) is 281 cm³/mol. The Bertz CT molecular complexity index is 3010. The van der Waals surface area contributed by atoms with E-state index in [1.165, 1.54) is 137 Å². The Balaban J connectivity index is 1.27. The first-order chi connectivity index (χ1) is 30.4. The summed E-state index contributed by atoms with van der Waals surface area (Å²) in [4.78, 5) is 5.43. The minimum Gasteiger partial charge on any atom is -0.311 e. The maximum absolute atomic E-state index is 2.74. The molecule has 3 aliphatic carbocycles. The maximum atomic E-state index is 2.74. The monoisotopic (exact) mass is 855 g/mol. The molecule has 0 unspecified atom stereocenters. The smallest absolute Gasteiger partial charge is 0.252 e. The molecule has 0 amide bonds. The van der Waals surface area contributed by atoms with Crippen LogP contribution in [-0.4, -0.2) is 6.71 Å². The highest BCUT2D eigenvalue weighted by molar-refractivity contribution is 7.00. The molecule has 0 saturated carbocycles. The fraction of sp³-hybridized carbons (Fsp3) is 0.419. The van der Waals surface area contributed by atoms with E-state index in [2.05, 4.69) is 211 Å². The van der Waals surface area contributed by atoms with Gasteiger partial charge in [0, 0.05) is 34.1 Å². The zero-order chi connectivity index (χ0) is 46.1. The van der Waals surface area contributed by atoms with Gasteiger partial charge < -0.3 is 9.80 Å². The van der Waals surface area contributed by atoms with Crippen LogP contribution in [0.15, 0.2) is 97.1 Å². The van der Waals surface area contributed by atoms with Crippen molar-refractivity contribution in [3.05, 3.63) is 147 Å². The number of fused-ring (bicyclic) bond motifs is 7. The molecular weight excluding hydrogens is 784 g/mol. The molecule has 65 heavy (non-hydrogen) atoms. The lowest BCUT2D eigenvalue weighted by atomic mass is 9.33. The van der Waals surface area contributed by atoms with Crippen LogP contribution >= 0.6 is 0 Å². The van der Waals surface area contributed by atoms with Crippen molar-refractivity contribution in [3.63, 3.8) is 0 Å². The van der Waals surface area contributed by atoms with Crippen LogP contribution in [0.5, 0.6) is 0 Å². The SMILES string of the molecule is Cc1cc2c3c(c1)N(c1cc4c(cc1C)C(C)(C)CC4(C)C)c1cc4c(cc1B3c1cc(-c3ccccc3)ccc1N2c1cc2c(cc1C)C(C)(C)CCC2(C)C)C(C)(C)CCC4(C)C. The van der Waals surface area contributed by atoms with Crippen LogP contribution in [0.25, 0.3) is 11.1 Å². The summed E-state index contributed by atoms with van der Waals surface area (Å²) in [6, 6.07) is 39.2. The van der Waals surface area contributed by atoms with E-state index >= 15 is 0 Å². The summed E-state index contributed by atoms with van der Waals surface area (Å²) in [5.41, 5.74) is 28.3. The third kappa shape index (κ3) is 6.18. The number of anilines is 6. The van der Waals surface area contributed by atoms with Gasteiger partial charge in [0.05, 0.1) is 0 Å². The van der Waals surface area contributed by atoms with Crippen molar-refractivity contribution in [2.45, 2.75) is 168 Å². The summed E-state index contributed by atoms with van der Waals surface area (Å²) in [5.74, 6) is 0. The first kappa shape index (κ1) is 42.6. The minimum atomic E-state index is 0.0475. The summed E-state index contributed by atoms with van der Waals surface area (Å²) in [6.45, 7) is 36.8. The van der Waals surface area contributed by atoms with Crippen molar-refractivity contribution in [2.75, 3.05) is 9.80 Å². The third-order valence-corrected chi connectivity index (χ3v) is 17.6. The van der Waals surface area contributed by atoms with Gasteiger partial charge in [0.15, 0.2) is 0 Å². The fourth-order valence-corrected chi connectivity index (χ4v) is 13.8. The lowest BCUT2D eigenvalue weighted by Gasteiger charge is -2.48. The average molecular weight is 855 g/mol. The zero-order valence-corrected chi connectivity index (χ0v) is 42.2. The van der Waals surface area contributed by atoms with Crippen molar-refractivity contribution in [1.82, 2.24) is 0 Å². The van der Waals surface area contributed by atoms with Gasteiger partial charge in [0.1, 0.15) is 0 Å². The Morgan fingerprint density at radius 3 is 1.31 bits per heavy atom. The second-order valence-corrected chi connectivity index (χ2v) is 25.3. The van der Waals surface area contributed by atoms with Gasteiger partial charge in [-0.15, -0.1) is 0 Å². The van der Waals surface area contributed by atoms with Crippen LogP contribution in [0.4, 0.5) is 34.1 Å². The Morgan fingerprint density at radius 2 is 0.785 bits per heavy atom. The topological polar surface area (TPSA) is 6.48 Å². The van der Waals surface area contributed by atoms with Gasteiger partial charge in [-0.05, 0) is 199 Å². The van der Waals surface area contributed by atoms with E-state index < -0.39 is 0 Å². The number of nitrogens with zero attached hydrogens (tertiary/aromatic N) is 2. The molecule has 3 heteroatoms. The lowest BCUT2D eigenvalue weighted by Crippen LogP contribution is -2.62. The molecule has 0 bridgehead atoms. The van der Waals surface area contributed by atoms with Crippen molar-refractivity contribution >= 4 is 57.2 Å². The van der Waals surface area contributed by atoms with Crippen LogP contribution < -0.4 is 26.2 Å². The molecule has 2 nitrogen and oxygen atoms in total. The number of hydrogen-bond acceptors (Lipinski definition) is 2. The number of benzene rings is 6. The van der Waals surface area contributed by atoms with Crippen molar-refractivity contribution in [2.24, 2.45) is 0 Å². The van der Waals surface area contributed by atoms with Gasteiger partial charge in [-0.25, -0.2) is 0 Å². The molecule has 6 aromatic rings. The second kappa shape index (κ2) is 13.5. The fourth-order valence-electron chi connectivity index (χ4n) is 13.8. The lowest BCUT2D eigenvalue weighted by molar-refractivity contribution is 0.332. The molecule has 0 radical (unpaired) electrons. The summed E-state index contributed by atoms with van der Waals surface area (Å²) < 4.78 is 0. The van der Waals surface area contributed by atoms with E-state index in [0.717, 1.165) is 6.42 Å². The Hall–Kier alpha value is -5.02. The van der Waals surface area contributed by atoms with Crippen molar-refractivity contribution < 1.29 is 0 Å². The number of hydrogen-bond donors (Lipinski definition) is 0. The largest absolute Gasteiger partial charge is 0.311 e. The van der Waals surface area contributed by atoms with E-state index in [1.807, 2.05) is 0 Å². The van der Waals surface area contributed by atoms with Crippen LogP contribution in [0.1, 0.15) is 165 Å². The Labute approximate surface area is 392 Å². The zero-order valence-electron chi connectivity index (χ0n) is 42.2. The Morgan fingerprint density at radius 1 is 0.369 bits per heavy atom. The summed E-state index contributed by atoms with van der Waals surface area (Å²) in [7, 11) is 0. The molecule has 11 rings (SSSR count). The molecule has 0 atom stereocenters. The molecule has 0 aromatic heterocycles. The van der Waals surface area contributed by atoms with Gasteiger partial charge in [0.25, 0.3) is 6.71 Å². The van der Waals surface area contributed by atoms with Gasteiger partial charge in [0.2, 0.25) is 0 Å². The van der Waals surface area contributed by atoms with E-state index in [0.29, 0.717) is 0 Å². The van der Waals surface area contributed by atoms with E-state index in [-0.39, 0.29) is 39.2 Å². The van der Waals surface area contributed by atoms with Gasteiger partial charge >= 0.3 is 0 Å². The molecule has 0 spiro atoms. The van der Waals surface area contributed by atoms with Crippen LogP contribution in [0.3, 0.4) is 0 Å². The molecule has 2 aliphatic heterocycles. The minimum absolute atomic E-state index is 0.0475. The van der Waals surface area contributed by atoms with E-state index in [1.54, 1.807) is 0 Å². The second-order valence-electron chi connectivity index (χ2n) is 25.3. The van der Waals surface area contributed by atoms with E-state index in [4.69, 9.17) is 0 Å². The maximum Gasteiger partial charge on any atom is 0.252 e. The van der Waals surface area contributed by atoms with Gasteiger partial charge in [-0.1, -0.05) is 144 Å². The first-order valence-corrected chi connectivity index (χ1v) is 24.8. The highest BCUT2D eigenvalue weighted by Gasteiger charge is 2.49. The summed E-state index contributed by atoms with van der Waals surface area (Å²) >= 11 is 0. The number of aryl methyl sites for hydroxylation is 3. The van der Waals surface area contributed by atoms with Crippen LogP contribution in [0.2, 0.25) is 0 Å². The molecule has 0 N–H and O–H groups in total. The summed E-state index contributed by atoms with van der Waals surface area (Å²) in [5, 5.41) is 0. The average Bonchev–Trinajstić information content (AvgIpc) is 3.42. The normalized spacial score (nSPS) is 20.6. The third-order valence-electron chi connectivity index (χ3n) is 17.6. The highest BCUT2D eigenvalue weighted by atomic mass is 15.2. The molecule has 332 valence electrons. The predicted octanol–water partition coefficient (Wildman–Crippen LogP) is 15.0. The molecule has 0 fully saturated rings. The van der Waals surface area contributed by atoms with Crippen LogP contribution in [-0.2, 0) is 32.5 Å². The van der Waals surface area contributed by atoms with Crippen LogP contribution in [0, 0.1) is 20.8 Å². The quantitative estimate of drug-likeness (QED) is 0.163. The van der Waals surface area contributed by atoms with Gasteiger partial charge in [-0.2, -0.15) is 0 Å². The summed E-state index contributed by atoms with van der Waals surface area (Å²) in [6.07, 6.45) is 5.91. The molecular formula is C62H71BN2. The Kier molecular flexibility index (Phi) is 8.88. The molecule has 6 aromatic carbocycles. The standard InChI is InChI=1S/C62H71BN2/c1-37-27-54-56-55(28-37)65(52-34-47-43(30-39(52)3)61(12,13)36-62(47,14)15)53-35-46-44(58(6,7)24-26-60(46,10)11)32-49(53)63(56)48-31-41(40-19-17-16-18-20-40)21-22-50(48)64(54)51-33-45-42(29-38(51)2)57(4,5)23-25-59(45,8)9/h16-22,27-35H,23-26,36H2,1-15H3.